The maximum Gasteiger partial charge on any atom is 0.414 e. The van der Waals surface area contributed by atoms with Crippen molar-refractivity contribution in [3.05, 3.63) is 60.4 Å². The number of pyridine rings is 1. The molecule has 0 unspecified atom stereocenters. The summed E-state index contributed by atoms with van der Waals surface area (Å²) in [5.74, 6) is -0.989. The van der Waals surface area contributed by atoms with Crippen LogP contribution in [0.2, 0.25) is 0 Å². The van der Waals surface area contributed by atoms with E-state index in [-0.39, 0.29) is 13.2 Å². The number of carbonyl (C=O) groups excluding carboxylic acids is 2. The van der Waals surface area contributed by atoms with Gasteiger partial charge in [-0.2, -0.15) is 0 Å². The number of carbonyl (C=O) groups is 2. The molecule has 216 valence electrons. The van der Waals surface area contributed by atoms with Gasteiger partial charge >= 0.3 is 12.1 Å². The molecule has 1 saturated heterocycles. The third kappa shape index (κ3) is 6.84. The lowest BCUT2D eigenvalue weighted by Gasteiger charge is -2.14. The van der Waals surface area contributed by atoms with Crippen LogP contribution in [0.1, 0.15) is 31.4 Å². The number of benzene rings is 1. The standard InChI is InChI=1S/C27H31FN8O5/c28-22-11-18(36-15-20(40-27(36)38)14-35-10-9-32-34-35)5-6-21(22)17-4-7-24(31-13-17)25-12-19(41-33-25)16-39-26(37)23(30)3-1-2-8-29/h4-7,9-11,13,19-20,23H,1-3,8,12,14-16,29-30H2/t19-,20-,23-/m0/s1. The van der Waals surface area contributed by atoms with Crippen LogP contribution >= 0.6 is 0 Å². The van der Waals surface area contributed by atoms with Gasteiger partial charge in [0.05, 0.1) is 30.7 Å². The molecule has 0 aliphatic carbocycles. The third-order valence-corrected chi connectivity index (χ3v) is 6.79. The van der Waals surface area contributed by atoms with E-state index >= 15 is 4.39 Å². The molecule has 4 heterocycles. The molecule has 2 aliphatic rings. The summed E-state index contributed by atoms with van der Waals surface area (Å²) in [6.07, 6.45) is 5.81. The molecule has 0 spiro atoms. The Hall–Kier alpha value is -4.43. The number of aromatic nitrogens is 4. The average molecular weight is 567 g/mol. The van der Waals surface area contributed by atoms with Crippen LogP contribution < -0.4 is 16.4 Å². The number of amides is 1. The van der Waals surface area contributed by atoms with E-state index in [4.69, 9.17) is 25.8 Å². The van der Waals surface area contributed by atoms with E-state index in [1.165, 1.54) is 11.0 Å². The fraction of sp³-hybridized carbons (Fsp3) is 0.407. The van der Waals surface area contributed by atoms with E-state index < -0.39 is 36.1 Å². The van der Waals surface area contributed by atoms with Crippen molar-refractivity contribution in [1.29, 1.82) is 0 Å². The summed E-state index contributed by atoms with van der Waals surface area (Å²) in [5.41, 5.74) is 13.8. The van der Waals surface area contributed by atoms with Gasteiger partial charge in [0, 0.05) is 29.9 Å². The Bertz CT molecular complexity index is 1380. The number of cyclic esters (lactones) is 1. The van der Waals surface area contributed by atoms with Crippen LogP contribution in [-0.4, -0.2) is 75.7 Å². The number of esters is 1. The molecular formula is C27H31FN8O5. The molecule has 4 N–H and O–H groups in total. The molecule has 2 aromatic heterocycles. The van der Waals surface area contributed by atoms with E-state index in [1.807, 2.05) is 0 Å². The molecular weight excluding hydrogens is 535 g/mol. The van der Waals surface area contributed by atoms with Crippen LogP contribution in [0.25, 0.3) is 11.1 Å². The Kier molecular flexibility index (Phi) is 8.79. The van der Waals surface area contributed by atoms with Crippen molar-refractivity contribution in [2.45, 2.75) is 50.5 Å². The summed E-state index contributed by atoms with van der Waals surface area (Å²) in [4.78, 5) is 35.7. The van der Waals surface area contributed by atoms with Crippen molar-refractivity contribution in [1.82, 2.24) is 20.0 Å². The molecule has 0 saturated carbocycles. The maximum absolute atomic E-state index is 15.1. The molecule has 0 radical (unpaired) electrons. The second kappa shape index (κ2) is 12.8. The Labute approximate surface area is 235 Å². The first-order valence-corrected chi connectivity index (χ1v) is 13.3. The minimum atomic E-state index is -0.696. The summed E-state index contributed by atoms with van der Waals surface area (Å²) < 4.78 is 27.4. The van der Waals surface area contributed by atoms with Crippen LogP contribution in [0, 0.1) is 5.82 Å². The van der Waals surface area contributed by atoms with Crippen molar-refractivity contribution >= 4 is 23.5 Å². The molecule has 1 aromatic carbocycles. The largest absolute Gasteiger partial charge is 0.460 e. The first-order chi connectivity index (χ1) is 19.9. The molecule has 5 rings (SSSR count). The Morgan fingerprint density at radius 2 is 2.10 bits per heavy atom. The van der Waals surface area contributed by atoms with Gasteiger partial charge in [0.15, 0.2) is 6.10 Å². The van der Waals surface area contributed by atoms with E-state index in [0.717, 1.165) is 12.8 Å². The van der Waals surface area contributed by atoms with Crippen LogP contribution in [0.4, 0.5) is 14.9 Å². The number of rotatable bonds is 12. The minimum absolute atomic E-state index is 0.0256. The Morgan fingerprint density at radius 3 is 2.83 bits per heavy atom. The monoisotopic (exact) mass is 566 g/mol. The van der Waals surface area contributed by atoms with Crippen molar-refractivity contribution in [3.63, 3.8) is 0 Å². The number of hydrogen-bond acceptors (Lipinski definition) is 11. The molecule has 1 amide bonds. The third-order valence-electron chi connectivity index (χ3n) is 6.79. The summed E-state index contributed by atoms with van der Waals surface area (Å²) in [7, 11) is 0. The molecule has 3 aromatic rings. The number of unbranched alkanes of at least 4 members (excludes halogenated alkanes) is 1. The number of hydrogen-bond donors (Lipinski definition) is 2. The van der Waals surface area contributed by atoms with Gasteiger partial charge in [0.2, 0.25) is 0 Å². The second-order valence-electron chi connectivity index (χ2n) is 9.83. The topological polar surface area (TPSA) is 173 Å². The Balaban J connectivity index is 1.14. The first kappa shape index (κ1) is 28.1. The van der Waals surface area contributed by atoms with Crippen molar-refractivity contribution in [3.8, 4) is 11.1 Å². The second-order valence-corrected chi connectivity index (χ2v) is 9.83. The fourth-order valence-electron chi connectivity index (χ4n) is 4.57. The number of nitrogens with two attached hydrogens (primary N) is 2. The van der Waals surface area contributed by atoms with E-state index in [1.54, 1.807) is 47.5 Å². The van der Waals surface area contributed by atoms with Gasteiger partial charge in [-0.1, -0.05) is 22.9 Å². The number of ether oxygens (including phenoxy) is 2. The number of oxime groups is 1. The lowest BCUT2D eigenvalue weighted by atomic mass is 10.0. The quantitative estimate of drug-likeness (QED) is 0.244. The summed E-state index contributed by atoms with van der Waals surface area (Å²) in [6.45, 7) is 1.20. The molecule has 0 bridgehead atoms. The summed E-state index contributed by atoms with van der Waals surface area (Å²) in [5, 5.41) is 11.7. The predicted molar refractivity (Wildman–Crippen MR) is 145 cm³/mol. The van der Waals surface area contributed by atoms with Gasteiger partial charge in [-0.3, -0.25) is 14.7 Å². The van der Waals surface area contributed by atoms with Crippen molar-refractivity contribution in [2.24, 2.45) is 16.6 Å². The maximum atomic E-state index is 15.1. The van der Waals surface area contributed by atoms with Crippen LogP contribution in [0.15, 0.2) is 54.1 Å². The zero-order valence-corrected chi connectivity index (χ0v) is 22.3. The van der Waals surface area contributed by atoms with Gasteiger partial charge in [0.25, 0.3) is 0 Å². The molecule has 14 heteroatoms. The lowest BCUT2D eigenvalue weighted by Crippen LogP contribution is -2.34. The number of nitrogens with zero attached hydrogens (tertiary/aromatic N) is 6. The molecule has 13 nitrogen and oxygen atoms in total. The fourth-order valence-corrected chi connectivity index (χ4v) is 4.57. The van der Waals surface area contributed by atoms with Crippen LogP contribution in [-0.2, 0) is 25.7 Å². The normalized spacial score (nSPS) is 19.0. The summed E-state index contributed by atoms with van der Waals surface area (Å²) >= 11 is 0. The van der Waals surface area contributed by atoms with E-state index in [2.05, 4.69) is 20.5 Å². The average Bonchev–Trinajstić information content (AvgIpc) is 3.74. The zero-order chi connectivity index (χ0) is 28.8. The minimum Gasteiger partial charge on any atom is -0.460 e. The van der Waals surface area contributed by atoms with Gasteiger partial charge < -0.3 is 25.8 Å². The first-order valence-electron chi connectivity index (χ1n) is 13.3. The molecule has 3 atom stereocenters. The number of halogens is 1. The molecule has 2 aliphatic heterocycles. The smallest absolute Gasteiger partial charge is 0.414 e. The number of anilines is 1. The van der Waals surface area contributed by atoms with Crippen molar-refractivity contribution in [2.75, 3.05) is 24.6 Å². The van der Waals surface area contributed by atoms with Gasteiger partial charge in [0.1, 0.15) is 30.3 Å². The van der Waals surface area contributed by atoms with Crippen LogP contribution in [0.3, 0.4) is 0 Å². The van der Waals surface area contributed by atoms with Crippen molar-refractivity contribution < 1.29 is 28.3 Å². The summed E-state index contributed by atoms with van der Waals surface area (Å²) in [6, 6.07) is 7.32. The van der Waals surface area contributed by atoms with Gasteiger partial charge in [-0.05, 0) is 43.7 Å². The van der Waals surface area contributed by atoms with Crippen LogP contribution in [0.5, 0.6) is 0 Å². The highest BCUT2D eigenvalue weighted by atomic mass is 19.1. The van der Waals surface area contributed by atoms with E-state index in [9.17, 15) is 9.59 Å². The van der Waals surface area contributed by atoms with Gasteiger partial charge in [-0.15, -0.1) is 5.10 Å². The van der Waals surface area contributed by atoms with E-state index in [0.29, 0.717) is 54.2 Å². The van der Waals surface area contributed by atoms with Gasteiger partial charge in [-0.25, -0.2) is 13.9 Å². The Morgan fingerprint density at radius 1 is 1.22 bits per heavy atom. The SMILES string of the molecule is NCCCC[C@H](N)C(=O)OC[C@@H]1CC(c2ccc(-c3ccc(N4C[C@H](Cn5ccnn5)OC4=O)cc3F)cn2)=NO1. The zero-order valence-electron chi connectivity index (χ0n) is 22.3. The predicted octanol–water partition coefficient (Wildman–Crippen LogP) is 2.00. The highest BCUT2D eigenvalue weighted by Gasteiger charge is 2.33. The lowest BCUT2D eigenvalue weighted by molar-refractivity contribution is -0.149. The highest BCUT2D eigenvalue weighted by Crippen LogP contribution is 2.29. The molecule has 41 heavy (non-hydrogen) atoms. The molecule has 1 fully saturated rings. The highest BCUT2D eigenvalue weighted by molar-refractivity contribution is 5.99.